The topological polar surface area (TPSA) is 74.0 Å². The lowest BCUT2D eigenvalue weighted by Crippen LogP contribution is -2.52. The number of carbonyl (C=O) groups is 1. The Morgan fingerprint density at radius 3 is 2.28 bits per heavy atom. The zero-order valence-corrected chi connectivity index (χ0v) is 23.1. The van der Waals surface area contributed by atoms with Crippen molar-refractivity contribution in [1.29, 1.82) is 0 Å². The number of hydrogen-bond acceptors (Lipinski definition) is 6. The lowest BCUT2D eigenvalue weighted by atomic mass is 10.0. The summed E-state index contributed by atoms with van der Waals surface area (Å²) in [6.07, 6.45) is -0.106. The predicted octanol–water partition coefficient (Wildman–Crippen LogP) is 5.76. The molecule has 0 fully saturated rings. The molecule has 0 aliphatic carbocycles. The molecule has 196 valence electrons. The minimum atomic E-state index is -0.698. The summed E-state index contributed by atoms with van der Waals surface area (Å²) in [6.45, 7) is 13.3. The third-order valence-electron chi connectivity index (χ3n) is 5.85. The summed E-state index contributed by atoms with van der Waals surface area (Å²) in [7, 11) is 0. The van der Waals surface area contributed by atoms with E-state index in [9.17, 15) is 4.79 Å². The predicted molar refractivity (Wildman–Crippen MR) is 147 cm³/mol. The molecule has 2 N–H and O–H groups in total. The molecule has 0 saturated heterocycles. The molecule has 0 aliphatic rings. The fraction of sp³-hybridized carbons (Fsp3) is 0.483. The molecule has 0 bridgehead atoms. The van der Waals surface area contributed by atoms with Crippen LogP contribution in [0.3, 0.4) is 0 Å². The van der Waals surface area contributed by atoms with Crippen LogP contribution in [0.25, 0.3) is 10.1 Å². The molecular weight excluding hydrogens is 472 g/mol. The first kappa shape index (κ1) is 28.1. The third kappa shape index (κ3) is 7.53. The Kier molecular flexibility index (Phi) is 9.91. The van der Waals surface area contributed by atoms with Gasteiger partial charge in [0.2, 0.25) is 5.91 Å². The van der Waals surface area contributed by atoms with E-state index in [1.54, 1.807) is 11.3 Å². The van der Waals surface area contributed by atoms with Crippen molar-refractivity contribution in [3.05, 3.63) is 65.0 Å². The van der Waals surface area contributed by atoms with Gasteiger partial charge in [0.25, 0.3) is 0 Å². The molecule has 6 nitrogen and oxygen atoms in total. The molecule has 0 unspecified atom stereocenters. The van der Waals surface area contributed by atoms with Gasteiger partial charge >= 0.3 is 0 Å². The van der Waals surface area contributed by atoms with Gasteiger partial charge in [-0.15, -0.1) is 11.3 Å². The molecule has 0 radical (unpaired) electrons. The second-order valence-corrected chi connectivity index (χ2v) is 10.8. The molecule has 3 rings (SSSR count). The van der Waals surface area contributed by atoms with Gasteiger partial charge in [-0.3, -0.25) is 4.79 Å². The Morgan fingerprint density at radius 1 is 1.03 bits per heavy atom. The van der Waals surface area contributed by atoms with E-state index in [0.29, 0.717) is 26.2 Å². The second kappa shape index (κ2) is 12.7. The number of hydrogen-bond donors (Lipinski definition) is 1. The Morgan fingerprint density at radius 2 is 1.67 bits per heavy atom. The van der Waals surface area contributed by atoms with Crippen LogP contribution in [0.2, 0.25) is 0 Å². The number of benzene rings is 2. The Labute approximate surface area is 219 Å². The zero-order valence-electron chi connectivity index (χ0n) is 22.3. The van der Waals surface area contributed by atoms with E-state index in [2.05, 4.69) is 17.5 Å². The number of rotatable bonds is 12. The largest absolute Gasteiger partial charge is 0.488 e. The van der Waals surface area contributed by atoms with E-state index < -0.39 is 12.3 Å². The first-order valence-corrected chi connectivity index (χ1v) is 13.5. The maximum atomic E-state index is 13.8. The van der Waals surface area contributed by atoms with Gasteiger partial charge < -0.3 is 24.8 Å². The van der Waals surface area contributed by atoms with Gasteiger partial charge in [-0.1, -0.05) is 30.3 Å². The molecular formula is C29H40N2O4S. The minimum Gasteiger partial charge on any atom is -0.488 e. The maximum absolute atomic E-state index is 13.8. The molecule has 0 aliphatic heterocycles. The van der Waals surface area contributed by atoms with E-state index in [0.717, 1.165) is 22.3 Å². The Balaban J connectivity index is 1.82. The molecule has 1 amide bonds. The van der Waals surface area contributed by atoms with E-state index in [4.69, 9.17) is 19.9 Å². The SMILES string of the molecule is CCOC(OCC)[C@@H](C)N(Cc1csc2ccccc12)C(=O)[C@@H](N)Cc1ccc(OC(C)(C)C)cc1. The quantitative estimate of drug-likeness (QED) is 0.312. The lowest BCUT2D eigenvalue weighted by molar-refractivity contribution is -0.179. The van der Waals surface area contributed by atoms with Crippen LogP contribution in [0.1, 0.15) is 52.7 Å². The molecule has 7 heteroatoms. The monoisotopic (exact) mass is 512 g/mol. The van der Waals surface area contributed by atoms with E-state index >= 15 is 0 Å². The van der Waals surface area contributed by atoms with Gasteiger partial charge in [-0.2, -0.15) is 0 Å². The van der Waals surface area contributed by atoms with Gasteiger partial charge in [-0.05, 0) is 88.1 Å². The average molecular weight is 513 g/mol. The summed E-state index contributed by atoms with van der Waals surface area (Å²) < 4.78 is 18.8. The number of ether oxygens (including phenoxy) is 3. The molecule has 0 saturated carbocycles. The van der Waals surface area contributed by atoms with Crippen LogP contribution in [-0.4, -0.2) is 48.0 Å². The average Bonchev–Trinajstić information content (AvgIpc) is 3.24. The Bertz CT molecular complexity index is 1100. The molecule has 2 atom stereocenters. The second-order valence-electron chi connectivity index (χ2n) is 9.91. The highest BCUT2D eigenvalue weighted by atomic mass is 32.1. The number of amides is 1. The molecule has 3 aromatic rings. The van der Waals surface area contributed by atoms with Gasteiger partial charge in [0, 0.05) is 24.5 Å². The molecule has 36 heavy (non-hydrogen) atoms. The normalized spacial score (nSPS) is 13.7. The molecule has 1 heterocycles. The highest BCUT2D eigenvalue weighted by Gasteiger charge is 2.32. The molecule has 0 spiro atoms. The van der Waals surface area contributed by atoms with Crippen molar-refractivity contribution in [3.8, 4) is 5.75 Å². The van der Waals surface area contributed by atoms with Crippen LogP contribution in [0.15, 0.2) is 53.9 Å². The standard InChI is InChI=1S/C29H40N2O4S/c1-7-33-28(34-8-2)20(3)31(18-22-19-36-26-12-10-9-11-24(22)26)27(32)25(30)17-21-13-15-23(16-14-21)35-29(4,5)6/h9-16,19-20,25,28H,7-8,17-18,30H2,1-6H3/t20-,25+/m1/s1. The summed E-state index contributed by atoms with van der Waals surface area (Å²) >= 11 is 1.68. The van der Waals surface area contributed by atoms with Crippen molar-refractivity contribution in [3.63, 3.8) is 0 Å². The van der Waals surface area contributed by atoms with Crippen molar-refractivity contribution in [2.24, 2.45) is 5.73 Å². The van der Waals surface area contributed by atoms with Gasteiger partial charge in [-0.25, -0.2) is 0 Å². The Hall–Kier alpha value is -2.45. The van der Waals surface area contributed by atoms with Crippen LogP contribution < -0.4 is 10.5 Å². The van der Waals surface area contributed by atoms with Crippen LogP contribution in [-0.2, 0) is 27.2 Å². The van der Waals surface area contributed by atoms with Crippen molar-refractivity contribution >= 4 is 27.3 Å². The van der Waals surface area contributed by atoms with E-state index in [1.807, 2.05) is 82.8 Å². The maximum Gasteiger partial charge on any atom is 0.240 e. The van der Waals surface area contributed by atoms with Crippen molar-refractivity contribution in [2.45, 2.75) is 78.5 Å². The van der Waals surface area contributed by atoms with Crippen molar-refractivity contribution < 1.29 is 19.0 Å². The summed E-state index contributed by atoms with van der Waals surface area (Å²) in [5.74, 6) is 0.666. The minimum absolute atomic E-state index is 0.128. The van der Waals surface area contributed by atoms with E-state index in [1.165, 1.54) is 4.70 Å². The molecule has 1 aromatic heterocycles. The number of carbonyl (C=O) groups excluding carboxylic acids is 1. The van der Waals surface area contributed by atoms with Crippen molar-refractivity contribution in [1.82, 2.24) is 4.90 Å². The number of nitrogens with two attached hydrogens (primary N) is 1. The summed E-state index contributed by atoms with van der Waals surface area (Å²) in [5.41, 5.74) is 8.33. The number of nitrogens with zero attached hydrogens (tertiary/aromatic N) is 1. The summed E-state index contributed by atoms with van der Waals surface area (Å²) in [5, 5.41) is 3.27. The zero-order chi connectivity index (χ0) is 26.3. The smallest absolute Gasteiger partial charge is 0.240 e. The van der Waals surface area contributed by atoms with Crippen LogP contribution >= 0.6 is 11.3 Å². The fourth-order valence-corrected chi connectivity index (χ4v) is 5.12. The summed E-state index contributed by atoms with van der Waals surface area (Å²) in [4.78, 5) is 15.6. The number of fused-ring (bicyclic) bond motifs is 1. The lowest BCUT2D eigenvalue weighted by Gasteiger charge is -2.35. The van der Waals surface area contributed by atoms with Gasteiger partial charge in [0.1, 0.15) is 11.4 Å². The summed E-state index contributed by atoms with van der Waals surface area (Å²) in [6, 6.07) is 15.0. The third-order valence-corrected chi connectivity index (χ3v) is 6.86. The highest BCUT2D eigenvalue weighted by molar-refractivity contribution is 7.17. The van der Waals surface area contributed by atoms with Crippen molar-refractivity contribution in [2.75, 3.05) is 13.2 Å². The van der Waals surface area contributed by atoms with Crippen LogP contribution in [0, 0.1) is 0 Å². The number of thiophene rings is 1. The fourth-order valence-electron chi connectivity index (χ4n) is 4.16. The van der Waals surface area contributed by atoms with Gasteiger partial charge in [0.05, 0.1) is 12.1 Å². The first-order chi connectivity index (χ1) is 17.1. The van der Waals surface area contributed by atoms with Crippen LogP contribution in [0.4, 0.5) is 0 Å². The molecule has 2 aromatic carbocycles. The first-order valence-electron chi connectivity index (χ1n) is 12.6. The highest BCUT2D eigenvalue weighted by Crippen LogP contribution is 2.28. The van der Waals surface area contributed by atoms with Crippen LogP contribution in [0.5, 0.6) is 5.75 Å². The van der Waals surface area contributed by atoms with Gasteiger partial charge in [0.15, 0.2) is 6.29 Å². The van der Waals surface area contributed by atoms with E-state index in [-0.39, 0.29) is 17.6 Å².